The molecular weight excluding hydrogens is 302 g/mol. The Hall–Kier alpha value is -1.58. The fraction of sp³-hybridized carbons (Fsp3) is 0.235. The third-order valence-corrected chi connectivity index (χ3v) is 3.76. The van der Waals surface area contributed by atoms with Crippen LogP contribution in [-0.4, -0.2) is 4.99 Å². The van der Waals surface area contributed by atoms with Gasteiger partial charge in [0.05, 0.1) is 5.02 Å². The highest BCUT2D eigenvalue weighted by molar-refractivity contribution is 7.80. The Balaban J connectivity index is 2.36. The standard InChI is InChI=1S/C17H18ClNOS/c1-10(2)13-6-4-11(3)8-16(13)20-12-5-7-14(17(19)21)15(18)9-12/h4-10H,1-3H3,(H2,19,21). The van der Waals surface area contributed by atoms with Crippen LogP contribution in [0.25, 0.3) is 0 Å². The summed E-state index contributed by atoms with van der Waals surface area (Å²) in [7, 11) is 0. The lowest BCUT2D eigenvalue weighted by atomic mass is 10.0. The molecule has 0 spiro atoms. The highest BCUT2D eigenvalue weighted by Crippen LogP contribution is 2.33. The molecule has 2 aromatic carbocycles. The van der Waals surface area contributed by atoms with Crippen LogP contribution in [0.5, 0.6) is 11.5 Å². The zero-order valence-electron chi connectivity index (χ0n) is 12.3. The summed E-state index contributed by atoms with van der Waals surface area (Å²) in [5, 5.41) is 0.499. The van der Waals surface area contributed by atoms with E-state index in [-0.39, 0.29) is 4.99 Å². The number of aryl methyl sites for hydroxylation is 1. The number of rotatable bonds is 4. The van der Waals surface area contributed by atoms with Crippen LogP contribution in [-0.2, 0) is 0 Å². The van der Waals surface area contributed by atoms with Gasteiger partial charge in [-0.15, -0.1) is 0 Å². The molecule has 110 valence electrons. The van der Waals surface area contributed by atoms with E-state index in [0.717, 1.165) is 16.9 Å². The normalized spacial score (nSPS) is 10.7. The van der Waals surface area contributed by atoms with Crippen molar-refractivity contribution in [1.82, 2.24) is 0 Å². The fourth-order valence-corrected chi connectivity index (χ4v) is 2.60. The summed E-state index contributed by atoms with van der Waals surface area (Å²) >= 11 is 11.1. The summed E-state index contributed by atoms with van der Waals surface area (Å²) < 4.78 is 6.00. The zero-order chi connectivity index (χ0) is 15.6. The zero-order valence-corrected chi connectivity index (χ0v) is 13.9. The van der Waals surface area contributed by atoms with Crippen molar-refractivity contribution in [3.8, 4) is 11.5 Å². The average Bonchev–Trinajstić information content (AvgIpc) is 2.37. The first-order chi connectivity index (χ1) is 9.88. The first kappa shape index (κ1) is 15.8. The van der Waals surface area contributed by atoms with Gasteiger partial charge >= 0.3 is 0 Å². The smallest absolute Gasteiger partial charge is 0.131 e. The van der Waals surface area contributed by atoms with Crippen LogP contribution in [0.15, 0.2) is 36.4 Å². The van der Waals surface area contributed by atoms with Gasteiger partial charge in [-0.2, -0.15) is 0 Å². The molecule has 0 radical (unpaired) electrons. The first-order valence-corrected chi connectivity index (χ1v) is 7.55. The minimum absolute atomic E-state index is 0.282. The van der Waals surface area contributed by atoms with E-state index >= 15 is 0 Å². The van der Waals surface area contributed by atoms with E-state index in [9.17, 15) is 0 Å². The lowest BCUT2D eigenvalue weighted by molar-refractivity contribution is 0.472. The van der Waals surface area contributed by atoms with Crippen LogP contribution in [0.4, 0.5) is 0 Å². The summed E-state index contributed by atoms with van der Waals surface area (Å²) in [5.41, 5.74) is 8.58. The molecule has 21 heavy (non-hydrogen) atoms. The molecule has 0 aromatic heterocycles. The molecular formula is C17H18ClNOS. The van der Waals surface area contributed by atoms with Gasteiger partial charge in [0.2, 0.25) is 0 Å². The van der Waals surface area contributed by atoms with Crippen LogP contribution in [0.1, 0.15) is 36.5 Å². The van der Waals surface area contributed by atoms with Crippen LogP contribution in [0, 0.1) is 6.92 Å². The van der Waals surface area contributed by atoms with Crippen LogP contribution >= 0.6 is 23.8 Å². The molecule has 0 aliphatic heterocycles. The summed E-state index contributed by atoms with van der Waals surface area (Å²) in [5.74, 6) is 1.91. The highest BCUT2D eigenvalue weighted by atomic mass is 35.5. The van der Waals surface area contributed by atoms with Crippen LogP contribution in [0.2, 0.25) is 5.02 Å². The molecule has 2 rings (SSSR count). The molecule has 4 heteroatoms. The summed E-state index contributed by atoms with van der Waals surface area (Å²) in [6.07, 6.45) is 0. The number of nitrogens with two attached hydrogens (primary N) is 1. The van der Waals surface area contributed by atoms with E-state index in [1.165, 1.54) is 0 Å². The van der Waals surface area contributed by atoms with Gasteiger partial charge in [0.1, 0.15) is 16.5 Å². The topological polar surface area (TPSA) is 35.2 Å². The van der Waals surface area contributed by atoms with Crippen molar-refractivity contribution in [2.75, 3.05) is 0 Å². The lowest BCUT2D eigenvalue weighted by Crippen LogP contribution is -2.09. The van der Waals surface area contributed by atoms with Crippen molar-refractivity contribution in [2.24, 2.45) is 5.73 Å². The van der Waals surface area contributed by atoms with Crippen molar-refractivity contribution in [3.05, 3.63) is 58.1 Å². The number of hydrogen-bond donors (Lipinski definition) is 1. The Kier molecular flexibility index (Phi) is 4.86. The van der Waals surface area contributed by atoms with Gasteiger partial charge in [-0.3, -0.25) is 0 Å². The predicted molar refractivity (Wildman–Crippen MR) is 92.7 cm³/mol. The van der Waals surface area contributed by atoms with Crippen molar-refractivity contribution >= 4 is 28.8 Å². The number of hydrogen-bond acceptors (Lipinski definition) is 2. The molecule has 0 aliphatic carbocycles. The molecule has 2 N–H and O–H groups in total. The molecule has 0 bridgehead atoms. The van der Waals surface area contributed by atoms with Gasteiger partial charge in [-0.1, -0.05) is 49.8 Å². The minimum Gasteiger partial charge on any atom is -0.457 e. The van der Waals surface area contributed by atoms with E-state index in [0.29, 0.717) is 22.3 Å². The number of benzene rings is 2. The number of thiocarbonyl (C=S) groups is 1. The maximum absolute atomic E-state index is 6.18. The Labute approximate surface area is 135 Å². The Morgan fingerprint density at radius 2 is 1.90 bits per heavy atom. The maximum atomic E-state index is 6.18. The van der Waals surface area contributed by atoms with Crippen LogP contribution < -0.4 is 10.5 Å². The molecule has 2 nitrogen and oxygen atoms in total. The van der Waals surface area contributed by atoms with Gasteiger partial charge in [-0.05, 0) is 42.2 Å². The summed E-state index contributed by atoms with van der Waals surface area (Å²) in [6.45, 7) is 6.32. The second-order valence-electron chi connectivity index (χ2n) is 5.30. The monoisotopic (exact) mass is 319 g/mol. The molecule has 0 saturated heterocycles. The quantitative estimate of drug-likeness (QED) is 0.787. The highest BCUT2D eigenvalue weighted by Gasteiger charge is 2.11. The average molecular weight is 320 g/mol. The van der Waals surface area contributed by atoms with Gasteiger partial charge in [0.15, 0.2) is 0 Å². The van der Waals surface area contributed by atoms with Gasteiger partial charge in [-0.25, -0.2) is 0 Å². The molecule has 0 fully saturated rings. The van der Waals surface area contributed by atoms with Gasteiger partial charge < -0.3 is 10.5 Å². The third-order valence-electron chi connectivity index (χ3n) is 3.22. The van der Waals surface area contributed by atoms with E-state index in [1.807, 2.05) is 19.1 Å². The summed E-state index contributed by atoms with van der Waals surface area (Å²) in [6, 6.07) is 11.6. The molecule has 0 atom stereocenters. The van der Waals surface area contributed by atoms with Gasteiger partial charge in [0.25, 0.3) is 0 Å². The molecule has 0 heterocycles. The third kappa shape index (κ3) is 3.74. The van der Waals surface area contributed by atoms with E-state index < -0.39 is 0 Å². The molecule has 0 saturated carbocycles. The second-order valence-corrected chi connectivity index (χ2v) is 6.15. The number of ether oxygens (including phenoxy) is 1. The lowest BCUT2D eigenvalue weighted by Gasteiger charge is -2.15. The second kappa shape index (κ2) is 6.46. The van der Waals surface area contributed by atoms with E-state index in [4.69, 9.17) is 34.3 Å². The fourth-order valence-electron chi connectivity index (χ4n) is 2.09. The van der Waals surface area contributed by atoms with Crippen LogP contribution in [0.3, 0.4) is 0 Å². The SMILES string of the molecule is Cc1ccc(C(C)C)c(Oc2ccc(C(N)=S)c(Cl)c2)c1. The largest absolute Gasteiger partial charge is 0.457 e. The van der Waals surface area contributed by atoms with Gasteiger partial charge in [0, 0.05) is 11.6 Å². The molecule has 0 unspecified atom stereocenters. The van der Waals surface area contributed by atoms with Crippen molar-refractivity contribution in [3.63, 3.8) is 0 Å². The molecule has 2 aromatic rings. The van der Waals surface area contributed by atoms with E-state index in [1.54, 1.807) is 12.1 Å². The minimum atomic E-state index is 0.282. The summed E-state index contributed by atoms with van der Waals surface area (Å²) in [4.78, 5) is 0.282. The molecule has 0 aliphatic rings. The Morgan fingerprint density at radius 3 is 2.48 bits per heavy atom. The molecule has 0 amide bonds. The first-order valence-electron chi connectivity index (χ1n) is 6.76. The van der Waals surface area contributed by atoms with Crippen molar-refractivity contribution in [1.29, 1.82) is 0 Å². The maximum Gasteiger partial charge on any atom is 0.131 e. The Morgan fingerprint density at radius 1 is 1.19 bits per heavy atom. The predicted octanol–water partition coefficient (Wildman–Crippen LogP) is 5.20. The Bertz CT molecular complexity index is 682. The van der Waals surface area contributed by atoms with Crippen molar-refractivity contribution < 1.29 is 4.74 Å². The van der Waals surface area contributed by atoms with Crippen molar-refractivity contribution in [2.45, 2.75) is 26.7 Å². The van der Waals surface area contributed by atoms with E-state index in [2.05, 4.69) is 26.0 Å². The number of halogens is 1.